The molecule has 0 spiro atoms. The molecule has 1 aromatic carbocycles. The Balaban J connectivity index is 2.21. The molecule has 3 rings (SSSR count). The van der Waals surface area contributed by atoms with Crippen molar-refractivity contribution in [1.82, 2.24) is 15.0 Å². The van der Waals surface area contributed by atoms with Crippen molar-refractivity contribution in [2.24, 2.45) is 0 Å². The van der Waals surface area contributed by atoms with Crippen LogP contribution in [0.15, 0.2) is 54.7 Å². The van der Waals surface area contributed by atoms with Gasteiger partial charge in [-0.2, -0.15) is 0 Å². The van der Waals surface area contributed by atoms with Crippen molar-refractivity contribution < 1.29 is 4.74 Å². The Morgan fingerprint density at radius 3 is 2.33 bits per heavy atom. The molecule has 0 atom stereocenters. The minimum absolute atomic E-state index is 0.604. The second kappa shape index (κ2) is 5.71. The van der Waals surface area contributed by atoms with E-state index in [9.17, 15) is 0 Å². The summed E-state index contributed by atoms with van der Waals surface area (Å²) in [7, 11) is 1.64. The van der Waals surface area contributed by atoms with E-state index in [4.69, 9.17) is 4.74 Å². The largest absolute Gasteiger partial charge is 0.493 e. The van der Waals surface area contributed by atoms with Crippen molar-refractivity contribution in [3.8, 4) is 28.5 Å². The molecule has 0 aliphatic heterocycles. The highest BCUT2D eigenvalue weighted by Gasteiger charge is 2.15. The van der Waals surface area contributed by atoms with Gasteiger partial charge in [0.05, 0.1) is 12.8 Å². The summed E-state index contributed by atoms with van der Waals surface area (Å²) < 4.78 is 5.48. The van der Waals surface area contributed by atoms with E-state index in [0.29, 0.717) is 11.6 Å². The zero-order chi connectivity index (χ0) is 14.7. The number of hydrogen-bond acceptors (Lipinski definition) is 4. The van der Waals surface area contributed by atoms with Crippen LogP contribution in [0.2, 0.25) is 0 Å². The molecule has 4 heteroatoms. The Morgan fingerprint density at radius 2 is 1.67 bits per heavy atom. The van der Waals surface area contributed by atoms with E-state index < -0.39 is 0 Å². The van der Waals surface area contributed by atoms with Crippen LogP contribution in [-0.2, 0) is 0 Å². The second-order valence-corrected chi connectivity index (χ2v) is 4.60. The van der Waals surface area contributed by atoms with Crippen molar-refractivity contribution in [3.05, 3.63) is 60.4 Å². The van der Waals surface area contributed by atoms with Crippen LogP contribution >= 0.6 is 0 Å². The third-order valence-electron chi connectivity index (χ3n) is 3.18. The number of rotatable bonds is 3. The van der Waals surface area contributed by atoms with Gasteiger partial charge in [0.1, 0.15) is 11.4 Å². The first-order valence-electron chi connectivity index (χ1n) is 6.69. The van der Waals surface area contributed by atoms with Gasteiger partial charge in [-0.1, -0.05) is 36.4 Å². The summed E-state index contributed by atoms with van der Waals surface area (Å²) in [5.41, 5.74) is 3.33. The summed E-state index contributed by atoms with van der Waals surface area (Å²) >= 11 is 0. The van der Waals surface area contributed by atoms with Gasteiger partial charge in [-0.3, -0.25) is 4.98 Å². The zero-order valence-electron chi connectivity index (χ0n) is 11.9. The molecule has 0 fully saturated rings. The summed E-state index contributed by atoms with van der Waals surface area (Å²) in [5.74, 6) is 1.30. The standard InChI is InChI=1S/C17H15N3O/c1-12-16(21-2)15(13-8-4-3-5-9-13)20-17(19-12)14-10-6-7-11-18-14/h3-11H,1-2H3. The monoisotopic (exact) mass is 277 g/mol. The van der Waals surface area contributed by atoms with Crippen LogP contribution in [0.1, 0.15) is 5.69 Å². The molecule has 104 valence electrons. The van der Waals surface area contributed by atoms with E-state index >= 15 is 0 Å². The van der Waals surface area contributed by atoms with Crippen molar-refractivity contribution in [1.29, 1.82) is 0 Å². The number of methoxy groups -OCH3 is 1. The highest BCUT2D eigenvalue weighted by molar-refractivity contribution is 5.69. The molecule has 4 nitrogen and oxygen atoms in total. The van der Waals surface area contributed by atoms with E-state index in [-0.39, 0.29) is 0 Å². The van der Waals surface area contributed by atoms with Crippen LogP contribution in [0.25, 0.3) is 22.8 Å². The van der Waals surface area contributed by atoms with Gasteiger partial charge in [0.25, 0.3) is 0 Å². The lowest BCUT2D eigenvalue weighted by molar-refractivity contribution is 0.409. The van der Waals surface area contributed by atoms with Crippen LogP contribution in [0.4, 0.5) is 0 Å². The van der Waals surface area contributed by atoms with Gasteiger partial charge < -0.3 is 4.74 Å². The molecule has 0 radical (unpaired) electrons. The molecule has 21 heavy (non-hydrogen) atoms. The molecule has 0 unspecified atom stereocenters. The van der Waals surface area contributed by atoms with Crippen LogP contribution in [-0.4, -0.2) is 22.1 Å². The molecule has 0 bridgehead atoms. The maximum absolute atomic E-state index is 5.48. The third kappa shape index (κ3) is 2.60. The average Bonchev–Trinajstić information content (AvgIpc) is 2.55. The van der Waals surface area contributed by atoms with Gasteiger partial charge in [0, 0.05) is 11.8 Å². The van der Waals surface area contributed by atoms with Gasteiger partial charge in [0.2, 0.25) is 0 Å². The van der Waals surface area contributed by atoms with Gasteiger partial charge >= 0.3 is 0 Å². The van der Waals surface area contributed by atoms with Crippen molar-refractivity contribution in [2.45, 2.75) is 6.92 Å². The van der Waals surface area contributed by atoms with E-state index in [1.54, 1.807) is 13.3 Å². The highest BCUT2D eigenvalue weighted by atomic mass is 16.5. The summed E-state index contributed by atoms with van der Waals surface area (Å²) in [6.07, 6.45) is 1.74. The molecule has 0 saturated heterocycles. The average molecular weight is 277 g/mol. The summed E-state index contributed by atoms with van der Waals surface area (Å²) in [5, 5.41) is 0. The first kappa shape index (κ1) is 13.2. The lowest BCUT2D eigenvalue weighted by Gasteiger charge is -2.12. The number of pyridine rings is 1. The Morgan fingerprint density at radius 1 is 0.905 bits per heavy atom. The molecule has 2 heterocycles. The fourth-order valence-corrected chi connectivity index (χ4v) is 2.21. The van der Waals surface area contributed by atoms with Crippen LogP contribution in [0.3, 0.4) is 0 Å². The summed E-state index contributed by atoms with van der Waals surface area (Å²) in [6.45, 7) is 1.92. The number of hydrogen-bond donors (Lipinski definition) is 0. The Labute approximate surface area is 123 Å². The smallest absolute Gasteiger partial charge is 0.179 e. The maximum Gasteiger partial charge on any atom is 0.179 e. The first-order valence-corrected chi connectivity index (χ1v) is 6.69. The SMILES string of the molecule is COc1c(C)nc(-c2ccccn2)nc1-c1ccccc1. The number of benzene rings is 1. The molecule has 2 aromatic heterocycles. The molecule has 3 aromatic rings. The number of aromatic nitrogens is 3. The van der Waals surface area contributed by atoms with E-state index in [2.05, 4.69) is 15.0 Å². The number of nitrogens with zero attached hydrogens (tertiary/aromatic N) is 3. The Bertz CT molecular complexity index is 743. The summed E-state index contributed by atoms with van der Waals surface area (Å²) in [6, 6.07) is 15.6. The van der Waals surface area contributed by atoms with E-state index in [0.717, 1.165) is 22.6 Å². The van der Waals surface area contributed by atoms with Crippen LogP contribution in [0.5, 0.6) is 5.75 Å². The van der Waals surface area contributed by atoms with E-state index in [1.165, 1.54) is 0 Å². The lowest BCUT2D eigenvalue weighted by atomic mass is 10.1. The minimum atomic E-state index is 0.604. The van der Waals surface area contributed by atoms with Gasteiger partial charge in [-0.25, -0.2) is 9.97 Å². The second-order valence-electron chi connectivity index (χ2n) is 4.60. The maximum atomic E-state index is 5.48. The van der Waals surface area contributed by atoms with Crippen molar-refractivity contribution in [2.75, 3.05) is 7.11 Å². The molecule has 0 saturated carbocycles. The predicted octanol–water partition coefficient (Wildman–Crippen LogP) is 3.52. The van der Waals surface area contributed by atoms with E-state index in [1.807, 2.05) is 55.5 Å². The third-order valence-corrected chi connectivity index (χ3v) is 3.18. The highest BCUT2D eigenvalue weighted by Crippen LogP contribution is 2.31. The van der Waals surface area contributed by atoms with Crippen molar-refractivity contribution in [3.63, 3.8) is 0 Å². The first-order chi connectivity index (χ1) is 10.3. The zero-order valence-corrected chi connectivity index (χ0v) is 11.9. The van der Waals surface area contributed by atoms with Crippen LogP contribution < -0.4 is 4.74 Å². The molecule has 0 aliphatic rings. The summed E-state index contributed by atoms with van der Waals surface area (Å²) in [4.78, 5) is 13.5. The molecular weight excluding hydrogens is 262 g/mol. The lowest BCUT2D eigenvalue weighted by Crippen LogP contribution is -2.01. The minimum Gasteiger partial charge on any atom is -0.493 e. The topological polar surface area (TPSA) is 47.9 Å². The van der Waals surface area contributed by atoms with Gasteiger partial charge in [-0.15, -0.1) is 0 Å². The van der Waals surface area contributed by atoms with Gasteiger partial charge in [-0.05, 0) is 19.1 Å². The molecule has 0 aliphatic carbocycles. The van der Waals surface area contributed by atoms with Crippen LogP contribution in [0, 0.1) is 6.92 Å². The molecular formula is C17H15N3O. The molecule has 0 N–H and O–H groups in total. The Kier molecular flexibility index (Phi) is 3.60. The fourth-order valence-electron chi connectivity index (χ4n) is 2.21. The quantitative estimate of drug-likeness (QED) is 0.735. The van der Waals surface area contributed by atoms with Crippen molar-refractivity contribution >= 4 is 0 Å². The Hall–Kier alpha value is -2.75. The number of ether oxygens (including phenoxy) is 1. The fraction of sp³-hybridized carbons (Fsp3) is 0.118. The number of aryl methyl sites for hydroxylation is 1. The molecule has 0 amide bonds. The predicted molar refractivity (Wildman–Crippen MR) is 82.0 cm³/mol. The van der Waals surface area contributed by atoms with Gasteiger partial charge in [0.15, 0.2) is 11.6 Å². The normalized spacial score (nSPS) is 10.4.